The molecule has 1 aliphatic rings. The van der Waals surface area contributed by atoms with Gasteiger partial charge in [0.2, 0.25) is 0 Å². The van der Waals surface area contributed by atoms with Crippen LogP contribution in [-0.4, -0.2) is 41.2 Å². The van der Waals surface area contributed by atoms with Crippen molar-refractivity contribution in [2.45, 2.75) is 62.7 Å². The molecule has 0 bridgehead atoms. The monoisotopic (exact) mass is 302 g/mol. The number of carbonyl (C=O) groups is 2. The Balaban J connectivity index is 2.03. The Kier molecular flexibility index (Phi) is 8.49. The summed E-state index contributed by atoms with van der Waals surface area (Å²) in [6, 6.07) is 0.211. The van der Waals surface area contributed by atoms with Crippen molar-refractivity contribution < 1.29 is 14.7 Å². The summed E-state index contributed by atoms with van der Waals surface area (Å²) in [6.45, 7) is 0.615. The van der Waals surface area contributed by atoms with Crippen LogP contribution in [0.2, 0.25) is 0 Å². The van der Waals surface area contributed by atoms with E-state index in [0.29, 0.717) is 24.3 Å². The predicted octanol–water partition coefficient (Wildman–Crippen LogP) is 2.60. The Morgan fingerprint density at radius 3 is 2.75 bits per heavy atom. The normalized spacial score (nSPS) is 22.2. The first-order chi connectivity index (χ1) is 9.61. The zero-order chi connectivity index (χ0) is 14.8. The molecule has 1 aliphatic carbocycles. The van der Waals surface area contributed by atoms with Gasteiger partial charge in [0.05, 0.1) is 0 Å². The molecule has 6 heteroatoms. The largest absolute Gasteiger partial charge is 0.481 e. The van der Waals surface area contributed by atoms with E-state index < -0.39 is 5.97 Å². The number of carbonyl (C=O) groups excluding carboxylic acids is 1. The lowest BCUT2D eigenvalue weighted by atomic mass is 9.95. The number of unbranched alkanes of at least 4 members (excludes halogenated alkanes) is 2. The van der Waals surface area contributed by atoms with Crippen LogP contribution in [0.1, 0.15) is 51.4 Å². The lowest BCUT2D eigenvalue weighted by Crippen LogP contribution is -2.44. The number of carboxylic acids is 1. The molecule has 0 saturated heterocycles. The maximum absolute atomic E-state index is 11.7. The van der Waals surface area contributed by atoms with E-state index in [4.69, 9.17) is 5.11 Å². The van der Waals surface area contributed by atoms with E-state index in [0.717, 1.165) is 25.7 Å². The van der Waals surface area contributed by atoms with E-state index in [1.807, 2.05) is 11.8 Å². The van der Waals surface area contributed by atoms with Crippen LogP contribution >= 0.6 is 11.8 Å². The number of carboxylic acid groups (broad SMARTS) is 1. The molecule has 0 radical (unpaired) electrons. The van der Waals surface area contributed by atoms with Crippen molar-refractivity contribution in [2.24, 2.45) is 0 Å². The lowest BCUT2D eigenvalue weighted by Gasteiger charge is -2.28. The van der Waals surface area contributed by atoms with Crippen LogP contribution in [0.15, 0.2) is 0 Å². The van der Waals surface area contributed by atoms with E-state index in [1.54, 1.807) is 0 Å². The third-order valence-corrected chi connectivity index (χ3v) is 4.74. The minimum absolute atomic E-state index is 0.0880. The van der Waals surface area contributed by atoms with Gasteiger partial charge in [0.15, 0.2) is 0 Å². The summed E-state index contributed by atoms with van der Waals surface area (Å²) in [4.78, 5) is 22.1. The van der Waals surface area contributed by atoms with Crippen LogP contribution in [0.3, 0.4) is 0 Å². The smallest absolute Gasteiger partial charge is 0.315 e. The Labute approximate surface area is 125 Å². The van der Waals surface area contributed by atoms with Crippen molar-refractivity contribution in [2.75, 3.05) is 12.8 Å². The number of urea groups is 1. The van der Waals surface area contributed by atoms with Gasteiger partial charge in [0, 0.05) is 24.3 Å². The average molecular weight is 302 g/mol. The first-order valence-corrected chi connectivity index (χ1v) is 8.69. The first kappa shape index (κ1) is 17.1. The van der Waals surface area contributed by atoms with Crippen LogP contribution in [0.25, 0.3) is 0 Å². The molecule has 0 aliphatic heterocycles. The third kappa shape index (κ3) is 7.62. The second kappa shape index (κ2) is 9.91. The Morgan fingerprint density at radius 2 is 2.05 bits per heavy atom. The molecule has 116 valence electrons. The number of amides is 2. The van der Waals surface area contributed by atoms with Crippen LogP contribution < -0.4 is 10.6 Å². The quantitative estimate of drug-likeness (QED) is 0.602. The standard InChI is InChI=1S/C14H26N2O3S/c1-20-12-7-5-6-11(10-12)16-14(19)15-9-4-2-3-8-13(17)18/h11-12H,2-10H2,1H3,(H,17,18)(H2,15,16,19). The fourth-order valence-electron chi connectivity index (χ4n) is 2.51. The molecule has 1 rings (SSSR count). The van der Waals surface area contributed by atoms with Gasteiger partial charge in [0.1, 0.15) is 0 Å². The van der Waals surface area contributed by atoms with E-state index in [9.17, 15) is 9.59 Å². The van der Waals surface area contributed by atoms with Crippen molar-refractivity contribution in [3.63, 3.8) is 0 Å². The molecule has 0 aromatic carbocycles. The number of hydrogen-bond acceptors (Lipinski definition) is 3. The highest BCUT2D eigenvalue weighted by Crippen LogP contribution is 2.26. The number of thioether (sulfide) groups is 1. The minimum Gasteiger partial charge on any atom is -0.481 e. The van der Waals surface area contributed by atoms with Crippen molar-refractivity contribution in [3.05, 3.63) is 0 Å². The van der Waals surface area contributed by atoms with E-state index in [-0.39, 0.29) is 12.5 Å². The number of nitrogens with one attached hydrogen (secondary N) is 2. The van der Waals surface area contributed by atoms with Crippen LogP contribution in [0, 0.1) is 0 Å². The second-order valence-corrected chi connectivity index (χ2v) is 6.46. The van der Waals surface area contributed by atoms with Gasteiger partial charge in [-0.2, -0.15) is 11.8 Å². The lowest BCUT2D eigenvalue weighted by molar-refractivity contribution is -0.137. The number of aliphatic carboxylic acids is 1. The molecule has 2 amide bonds. The SMILES string of the molecule is CSC1CCCC(NC(=O)NCCCCCC(=O)O)C1. The van der Waals surface area contributed by atoms with E-state index in [2.05, 4.69) is 16.9 Å². The second-order valence-electron chi connectivity index (χ2n) is 5.33. The molecule has 0 aromatic rings. The molecule has 1 fully saturated rings. The van der Waals surface area contributed by atoms with Crippen molar-refractivity contribution in [1.29, 1.82) is 0 Å². The minimum atomic E-state index is -0.753. The van der Waals surface area contributed by atoms with Crippen LogP contribution in [-0.2, 0) is 4.79 Å². The molecule has 3 N–H and O–H groups in total. The summed E-state index contributed by atoms with van der Waals surface area (Å²) in [5.41, 5.74) is 0. The molecule has 2 atom stereocenters. The van der Waals surface area contributed by atoms with Crippen LogP contribution in [0.4, 0.5) is 4.79 Å². The zero-order valence-corrected chi connectivity index (χ0v) is 13.0. The van der Waals surface area contributed by atoms with Gasteiger partial charge < -0.3 is 15.7 Å². The maximum atomic E-state index is 11.7. The van der Waals surface area contributed by atoms with Crippen molar-refractivity contribution >= 4 is 23.8 Å². The Morgan fingerprint density at radius 1 is 1.25 bits per heavy atom. The van der Waals surface area contributed by atoms with Gasteiger partial charge >= 0.3 is 12.0 Å². The zero-order valence-electron chi connectivity index (χ0n) is 12.2. The predicted molar refractivity (Wildman–Crippen MR) is 82.2 cm³/mol. The van der Waals surface area contributed by atoms with Gasteiger partial charge in [0.25, 0.3) is 0 Å². The molecule has 5 nitrogen and oxygen atoms in total. The highest BCUT2D eigenvalue weighted by molar-refractivity contribution is 7.99. The summed E-state index contributed by atoms with van der Waals surface area (Å²) in [5, 5.41) is 15.1. The molecule has 0 aromatic heterocycles. The summed E-state index contributed by atoms with van der Waals surface area (Å²) in [6.07, 6.45) is 9.26. The maximum Gasteiger partial charge on any atom is 0.315 e. The van der Waals surface area contributed by atoms with Gasteiger partial charge in [-0.05, 0) is 38.4 Å². The molecule has 2 unspecified atom stereocenters. The summed E-state index contributed by atoms with van der Waals surface area (Å²) < 4.78 is 0. The van der Waals surface area contributed by atoms with E-state index >= 15 is 0 Å². The first-order valence-electron chi connectivity index (χ1n) is 7.40. The highest BCUT2D eigenvalue weighted by atomic mass is 32.2. The molecule has 0 spiro atoms. The Hall–Kier alpha value is -0.910. The molecular weight excluding hydrogens is 276 g/mol. The van der Waals surface area contributed by atoms with Gasteiger partial charge in [-0.1, -0.05) is 12.8 Å². The average Bonchev–Trinajstić information content (AvgIpc) is 2.42. The number of rotatable bonds is 8. The molecular formula is C14H26N2O3S. The fraction of sp³-hybridized carbons (Fsp3) is 0.857. The highest BCUT2D eigenvalue weighted by Gasteiger charge is 2.22. The van der Waals surface area contributed by atoms with Gasteiger partial charge in [-0.3, -0.25) is 4.79 Å². The fourth-order valence-corrected chi connectivity index (χ4v) is 3.33. The van der Waals surface area contributed by atoms with Crippen molar-refractivity contribution in [1.82, 2.24) is 10.6 Å². The summed E-state index contributed by atoms with van der Waals surface area (Å²) in [7, 11) is 0. The van der Waals surface area contributed by atoms with Crippen molar-refractivity contribution in [3.8, 4) is 0 Å². The molecule has 0 heterocycles. The van der Waals surface area contributed by atoms with Gasteiger partial charge in [-0.25, -0.2) is 4.79 Å². The topological polar surface area (TPSA) is 78.4 Å². The number of hydrogen-bond donors (Lipinski definition) is 3. The van der Waals surface area contributed by atoms with E-state index in [1.165, 1.54) is 12.8 Å². The Bertz CT molecular complexity index is 313. The molecule has 1 saturated carbocycles. The summed E-state index contributed by atoms with van der Waals surface area (Å²) >= 11 is 1.89. The summed E-state index contributed by atoms with van der Waals surface area (Å²) in [5.74, 6) is -0.753. The molecule has 20 heavy (non-hydrogen) atoms. The van der Waals surface area contributed by atoms with Gasteiger partial charge in [-0.15, -0.1) is 0 Å². The van der Waals surface area contributed by atoms with Crippen LogP contribution in [0.5, 0.6) is 0 Å². The third-order valence-electron chi connectivity index (χ3n) is 3.65.